The summed E-state index contributed by atoms with van der Waals surface area (Å²) in [6.07, 6.45) is -0.0447. The monoisotopic (exact) mass is 469 g/mol. The number of halogens is 1. The van der Waals surface area contributed by atoms with Crippen molar-refractivity contribution < 1.29 is 13.5 Å². The van der Waals surface area contributed by atoms with Crippen molar-refractivity contribution in [2.24, 2.45) is 4.99 Å². The lowest BCUT2D eigenvalue weighted by atomic mass is 10.1. The number of nitrogens with zero attached hydrogens (tertiary/aromatic N) is 1. The van der Waals surface area contributed by atoms with Crippen molar-refractivity contribution in [3.05, 3.63) is 35.9 Å². The fourth-order valence-corrected chi connectivity index (χ4v) is 2.65. The van der Waals surface area contributed by atoms with Gasteiger partial charge in [0.15, 0.2) is 15.8 Å². The summed E-state index contributed by atoms with van der Waals surface area (Å²) in [7, 11) is -2.99. The van der Waals surface area contributed by atoms with Crippen molar-refractivity contribution in [1.82, 2.24) is 10.6 Å². The van der Waals surface area contributed by atoms with E-state index in [2.05, 4.69) is 15.6 Å². The summed E-state index contributed by atoms with van der Waals surface area (Å²) in [5, 5.41) is 16.2. The van der Waals surface area contributed by atoms with Crippen molar-refractivity contribution in [2.75, 3.05) is 31.1 Å². The largest absolute Gasteiger partial charge is 0.388 e. The van der Waals surface area contributed by atoms with Gasteiger partial charge in [0.25, 0.3) is 0 Å². The van der Waals surface area contributed by atoms with E-state index in [-0.39, 0.29) is 35.5 Å². The lowest BCUT2D eigenvalue weighted by Gasteiger charge is -2.12. The van der Waals surface area contributed by atoms with Crippen LogP contribution in [0.25, 0.3) is 0 Å². The van der Waals surface area contributed by atoms with Gasteiger partial charge in [-0.25, -0.2) is 8.42 Å². The molecular weight excluding hydrogens is 441 g/mol. The minimum absolute atomic E-state index is 0. The van der Waals surface area contributed by atoms with Gasteiger partial charge < -0.3 is 15.7 Å². The smallest absolute Gasteiger partial charge is 0.191 e. The molecule has 0 aromatic heterocycles. The van der Waals surface area contributed by atoms with E-state index in [1.54, 1.807) is 6.92 Å². The predicted octanol–water partition coefficient (Wildman–Crippen LogP) is 1.72. The molecule has 0 aliphatic rings. The molecule has 0 radical (unpaired) electrons. The second-order valence-electron chi connectivity index (χ2n) is 5.14. The molecule has 24 heavy (non-hydrogen) atoms. The van der Waals surface area contributed by atoms with Crippen LogP contribution >= 0.6 is 24.0 Å². The molecule has 1 aromatic carbocycles. The number of sulfone groups is 1. The molecule has 1 atom stereocenters. The molecule has 6 nitrogen and oxygen atoms in total. The number of aliphatic hydroxyl groups excluding tert-OH is 1. The third-order valence-electron chi connectivity index (χ3n) is 3.35. The van der Waals surface area contributed by atoms with Gasteiger partial charge >= 0.3 is 0 Å². The Kier molecular flexibility index (Phi) is 12.0. The third-order valence-corrected chi connectivity index (χ3v) is 5.05. The Bertz CT molecular complexity index is 579. The molecule has 0 bridgehead atoms. The van der Waals surface area contributed by atoms with Crippen LogP contribution in [0.5, 0.6) is 0 Å². The third kappa shape index (κ3) is 9.43. The van der Waals surface area contributed by atoms with Crippen LogP contribution in [0, 0.1) is 0 Å². The summed E-state index contributed by atoms with van der Waals surface area (Å²) < 4.78 is 22.9. The molecule has 0 amide bonds. The summed E-state index contributed by atoms with van der Waals surface area (Å²) in [6, 6.07) is 9.45. The normalized spacial score (nSPS) is 13.0. The van der Waals surface area contributed by atoms with E-state index in [1.807, 2.05) is 37.3 Å². The fraction of sp³-hybridized carbons (Fsp3) is 0.562. The van der Waals surface area contributed by atoms with Crippen LogP contribution in [0.15, 0.2) is 35.3 Å². The van der Waals surface area contributed by atoms with E-state index in [4.69, 9.17) is 0 Å². The highest BCUT2D eigenvalue weighted by molar-refractivity contribution is 14.0. The fourth-order valence-electron chi connectivity index (χ4n) is 1.95. The summed E-state index contributed by atoms with van der Waals surface area (Å²) in [6.45, 7) is 5.04. The first-order valence-corrected chi connectivity index (χ1v) is 9.76. The molecule has 0 saturated carbocycles. The maximum Gasteiger partial charge on any atom is 0.191 e. The zero-order valence-corrected chi connectivity index (χ0v) is 17.4. The van der Waals surface area contributed by atoms with Crippen LogP contribution in [0.2, 0.25) is 0 Å². The summed E-state index contributed by atoms with van der Waals surface area (Å²) >= 11 is 0. The first-order valence-electron chi connectivity index (χ1n) is 7.94. The number of guanidine groups is 1. The van der Waals surface area contributed by atoms with E-state index in [9.17, 15) is 13.5 Å². The maximum absolute atomic E-state index is 11.5. The van der Waals surface area contributed by atoms with Crippen LogP contribution in [0.1, 0.15) is 31.9 Å². The number of aliphatic hydroxyl groups is 1. The molecule has 1 unspecified atom stereocenters. The van der Waals surface area contributed by atoms with Gasteiger partial charge in [0.1, 0.15) is 0 Å². The Balaban J connectivity index is 0.00000529. The highest BCUT2D eigenvalue weighted by Gasteiger charge is 2.08. The second kappa shape index (κ2) is 12.5. The summed E-state index contributed by atoms with van der Waals surface area (Å²) in [5.41, 5.74) is 0.870. The summed E-state index contributed by atoms with van der Waals surface area (Å²) in [4.78, 5) is 4.36. The van der Waals surface area contributed by atoms with Crippen molar-refractivity contribution in [1.29, 1.82) is 0 Å². The predicted molar refractivity (Wildman–Crippen MR) is 110 cm³/mol. The average molecular weight is 469 g/mol. The molecule has 0 saturated heterocycles. The Morgan fingerprint density at radius 3 is 2.46 bits per heavy atom. The SMILES string of the molecule is CCNC(=NCCC(O)c1ccccc1)NCCS(=O)(=O)CC.I. The van der Waals surface area contributed by atoms with Gasteiger partial charge in [-0.1, -0.05) is 37.3 Å². The molecule has 0 fully saturated rings. The van der Waals surface area contributed by atoms with Gasteiger partial charge in [0.05, 0.1) is 11.9 Å². The van der Waals surface area contributed by atoms with Gasteiger partial charge in [-0.05, 0) is 18.9 Å². The highest BCUT2D eigenvalue weighted by atomic mass is 127. The van der Waals surface area contributed by atoms with Crippen molar-refractivity contribution in [3.8, 4) is 0 Å². The van der Waals surface area contributed by atoms with Gasteiger partial charge in [-0.3, -0.25) is 4.99 Å². The molecule has 1 rings (SSSR count). The lowest BCUT2D eigenvalue weighted by Crippen LogP contribution is -2.39. The molecule has 8 heteroatoms. The Morgan fingerprint density at radius 2 is 1.88 bits per heavy atom. The Morgan fingerprint density at radius 1 is 1.21 bits per heavy atom. The Labute approximate surface area is 162 Å². The molecule has 3 N–H and O–H groups in total. The van der Waals surface area contributed by atoms with Crippen LogP contribution in [-0.4, -0.2) is 50.6 Å². The molecule has 138 valence electrons. The number of benzene rings is 1. The zero-order chi connectivity index (χ0) is 17.1. The number of rotatable bonds is 9. The number of aliphatic imine (C=N–C) groups is 1. The molecule has 1 aromatic rings. The van der Waals surface area contributed by atoms with Crippen molar-refractivity contribution in [3.63, 3.8) is 0 Å². The van der Waals surface area contributed by atoms with Crippen LogP contribution in [0.4, 0.5) is 0 Å². The first kappa shape index (κ1) is 23.1. The van der Waals surface area contributed by atoms with Crippen LogP contribution in [0.3, 0.4) is 0 Å². The average Bonchev–Trinajstić information content (AvgIpc) is 2.55. The van der Waals surface area contributed by atoms with Crippen molar-refractivity contribution in [2.45, 2.75) is 26.4 Å². The van der Waals surface area contributed by atoms with E-state index < -0.39 is 15.9 Å². The topological polar surface area (TPSA) is 90.8 Å². The lowest BCUT2D eigenvalue weighted by molar-refractivity contribution is 0.170. The van der Waals surface area contributed by atoms with Gasteiger partial charge in [-0.2, -0.15) is 0 Å². The maximum atomic E-state index is 11.5. The number of nitrogens with one attached hydrogen (secondary N) is 2. The van der Waals surface area contributed by atoms with E-state index in [0.717, 1.165) is 5.56 Å². The van der Waals surface area contributed by atoms with E-state index in [1.165, 1.54) is 0 Å². The van der Waals surface area contributed by atoms with Crippen LogP contribution in [-0.2, 0) is 9.84 Å². The minimum atomic E-state index is -2.99. The number of hydrogen-bond acceptors (Lipinski definition) is 4. The standard InChI is InChI=1S/C16H27N3O3S.HI/c1-3-17-16(19-12-13-23(21,22)4-2)18-11-10-15(20)14-8-6-5-7-9-14;/h5-9,15,20H,3-4,10-13H2,1-2H3,(H2,17,18,19);1H. The van der Waals surface area contributed by atoms with E-state index in [0.29, 0.717) is 32.0 Å². The molecular formula is C16H28IN3O3S. The minimum Gasteiger partial charge on any atom is -0.388 e. The van der Waals surface area contributed by atoms with Gasteiger partial charge in [0, 0.05) is 25.4 Å². The Hall–Kier alpha value is -0.870. The first-order chi connectivity index (χ1) is 11.0. The molecule has 0 aliphatic carbocycles. The second-order valence-corrected chi connectivity index (χ2v) is 7.61. The van der Waals surface area contributed by atoms with Crippen LogP contribution < -0.4 is 10.6 Å². The van der Waals surface area contributed by atoms with Gasteiger partial charge in [-0.15, -0.1) is 24.0 Å². The van der Waals surface area contributed by atoms with Crippen molar-refractivity contribution >= 4 is 39.8 Å². The molecule has 0 aliphatic heterocycles. The van der Waals surface area contributed by atoms with E-state index >= 15 is 0 Å². The number of hydrogen-bond donors (Lipinski definition) is 3. The highest BCUT2D eigenvalue weighted by Crippen LogP contribution is 2.15. The summed E-state index contributed by atoms with van der Waals surface area (Å²) in [5.74, 6) is 0.797. The molecule has 0 spiro atoms. The zero-order valence-electron chi connectivity index (χ0n) is 14.2. The molecule has 0 heterocycles. The van der Waals surface area contributed by atoms with Gasteiger partial charge in [0.2, 0.25) is 0 Å². The quantitative estimate of drug-likeness (QED) is 0.291.